The van der Waals surface area contributed by atoms with Crippen molar-refractivity contribution in [3.63, 3.8) is 0 Å². The zero-order valence-electron chi connectivity index (χ0n) is 16.5. The molecule has 1 amide bonds. The average molecular weight is 360 g/mol. The maximum Gasteiger partial charge on any atom is 0.410 e. The summed E-state index contributed by atoms with van der Waals surface area (Å²) in [6.45, 7) is 8.71. The number of piperidine rings is 1. The van der Waals surface area contributed by atoms with Crippen LogP contribution in [0.1, 0.15) is 77.3 Å². The molecule has 2 aliphatic rings. The van der Waals surface area contributed by atoms with Crippen LogP contribution < -0.4 is 4.90 Å². The fraction of sp³-hybridized carbons (Fsp3) is 0.714. The second kappa shape index (κ2) is 8.28. The molecule has 1 aromatic heterocycles. The van der Waals surface area contributed by atoms with E-state index in [-0.39, 0.29) is 12.1 Å². The van der Waals surface area contributed by atoms with Crippen LogP contribution in [-0.2, 0) is 4.74 Å². The molecule has 1 aromatic rings. The van der Waals surface area contributed by atoms with Crippen molar-refractivity contribution in [2.24, 2.45) is 0 Å². The zero-order valence-corrected chi connectivity index (χ0v) is 16.5. The van der Waals surface area contributed by atoms with E-state index in [9.17, 15) is 4.79 Å². The number of nitrogens with zero attached hydrogens (tertiary/aromatic N) is 3. The first kappa shape index (κ1) is 19.0. The highest BCUT2D eigenvalue weighted by Crippen LogP contribution is 2.32. The van der Waals surface area contributed by atoms with E-state index in [1.807, 2.05) is 31.9 Å². The highest BCUT2D eigenvalue weighted by atomic mass is 16.6. The number of pyridine rings is 1. The van der Waals surface area contributed by atoms with Gasteiger partial charge in [0.2, 0.25) is 0 Å². The van der Waals surface area contributed by atoms with Crippen molar-refractivity contribution in [1.29, 1.82) is 0 Å². The first-order valence-electron chi connectivity index (χ1n) is 10.1. The fourth-order valence-corrected chi connectivity index (χ4v) is 3.90. The van der Waals surface area contributed by atoms with Gasteiger partial charge in [0, 0.05) is 25.8 Å². The molecule has 5 nitrogen and oxygen atoms in total. The van der Waals surface area contributed by atoms with E-state index in [0.29, 0.717) is 0 Å². The Morgan fingerprint density at radius 2 is 1.73 bits per heavy atom. The predicted molar refractivity (Wildman–Crippen MR) is 104 cm³/mol. The number of hydrogen-bond acceptors (Lipinski definition) is 4. The SMILES string of the molecule is CC(C)(C)OC(=O)N1CCCCC1c1ccc(N2CCCCCC2)nc1. The second-order valence-corrected chi connectivity index (χ2v) is 8.54. The molecular weight excluding hydrogens is 326 g/mol. The number of anilines is 1. The van der Waals surface area contributed by atoms with Gasteiger partial charge < -0.3 is 14.5 Å². The third kappa shape index (κ3) is 4.89. The van der Waals surface area contributed by atoms with Gasteiger partial charge in [0.25, 0.3) is 0 Å². The summed E-state index contributed by atoms with van der Waals surface area (Å²) in [5.41, 5.74) is 0.655. The Balaban J connectivity index is 1.72. The van der Waals surface area contributed by atoms with Gasteiger partial charge in [-0.2, -0.15) is 0 Å². The normalized spacial score (nSPS) is 22.0. The third-order valence-electron chi connectivity index (χ3n) is 5.22. The van der Waals surface area contributed by atoms with E-state index in [4.69, 9.17) is 9.72 Å². The van der Waals surface area contributed by atoms with Crippen LogP contribution >= 0.6 is 0 Å². The lowest BCUT2D eigenvalue weighted by Gasteiger charge is -2.37. The summed E-state index contributed by atoms with van der Waals surface area (Å²) < 4.78 is 5.62. The van der Waals surface area contributed by atoms with Crippen molar-refractivity contribution in [2.45, 2.75) is 77.4 Å². The van der Waals surface area contributed by atoms with Crippen LogP contribution in [0.15, 0.2) is 18.3 Å². The molecule has 0 spiro atoms. The van der Waals surface area contributed by atoms with Gasteiger partial charge in [0.15, 0.2) is 0 Å². The molecule has 1 atom stereocenters. The first-order chi connectivity index (χ1) is 12.4. The van der Waals surface area contributed by atoms with Crippen LogP contribution in [0, 0.1) is 0 Å². The monoisotopic (exact) mass is 359 g/mol. The Hall–Kier alpha value is -1.78. The largest absolute Gasteiger partial charge is 0.444 e. The first-order valence-corrected chi connectivity index (χ1v) is 10.1. The molecule has 144 valence electrons. The molecule has 3 heterocycles. The number of carbonyl (C=O) groups excluding carboxylic acids is 1. The lowest BCUT2D eigenvalue weighted by atomic mass is 9.97. The molecule has 0 N–H and O–H groups in total. The van der Waals surface area contributed by atoms with Crippen LogP contribution in [0.2, 0.25) is 0 Å². The number of hydrogen-bond donors (Lipinski definition) is 0. The smallest absolute Gasteiger partial charge is 0.410 e. The van der Waals surface area contributed by atoms with E-state index in [1.54, 1.807) is 0 Å². The number of ether oxygens (including phenoxy) is 1. The van der Waals surface area contributed by atoms with Crippen LogP contribution in [0.4, 0.5) is 10.6 Å². The summed E-state index contributed by atoms with van der Waals surface area (Å²) in [5, 5.41) is 0. The topological polar surface area (TPSA) is 45.7 Å². The van der Waals surface area contributed by atoms with E-state index in [0.717, 1.165) is 50.3 Å². The Morgan fingerprint density at radius 1 is 1.04 bits per heavy atom. The minimum atomic E-state index is -0.464. The van der Waals surface area contributed by atoms with E-state index in [1.165, 1.54) is 25.7 Å². The molecule has 3 rings (SSSR count). The Labute approximate surface area is 157 Å². The van der Waals surface area contributed by atoms with E-state index >= 15 is 0 Å². The molecule has 2 aliphatic heterocycles. The van der Waals surface area contributed by atoms with Gasteiger partial charge >= 0.3 is 6.09 Å². The molecule has 1 unspecified atom stereocenters. The lowest BCUT2D eigenvalue weighted by Crippen LogP contribution is -2.41. The molecule has 5 heteroatoms. The lowest BCUT2D eigenvalue weighted by molar-refractivity contribution is 0.00948. The highest BCUT2D eigenvalue weighted by molar-refractivity contribution is 5.69. The molecule has 0 aliphatic carbocycles. The molecule has 26 heavy (non-hydrogen) atoms. The predicted octanol–water partition coefficient (Wildman–Crippen LogP) is 4.92. The quantitative estimate of drug-likeness (QED) is 0.751. The van der Waals surface area contributed by atoms with Crippen molar-refractivity contribution in [3.05, 3.63) is 23.9 Å². The molecular formula is C21H33N3O2. The summed E-state index contributed by atoms with van der Waals surface area (Å²) in [7, 11) is 0. The fourth-order valence-electron chi connectivity index (χ4n) is 3.90. The minimum Gasteiger partial charge on any atom is -0.444 e. The summed E-state index contributed by atoms with van der Waals surface area (Å²) in [5.74, 6) is 1.07. The van der Waals surface area contributed by atoms with Gasteiger partial charge in [-0.1, -0.05) is 18.9 Å². The molecule has 2 fully saturated rings. The van der Waals surface area contributed by atoms with Crippen molar-refractivity contribution < 1.29 is 9.53 Å². The van der Waals surface area contributed by atoms with Gasteiger partial charge in [-0.25, -0.2) is 9.78 Å². The molecule has 0 saturated carbocycles. The maximum atomic E-state index is 12.6. The van der Waals surface area contributed by atoms with Crippen molar-refractivity contribution in [2.75, 3.05) is 24.5 Å². The average Bonchev–Trinajstić information content (AvgIpc) is 2.90. The van der Waals surface area contributed by atoms with Crippen LogP contribution in [0.3, 0.4) is 0 Å². The molecule has 2 saturated heterocycles. The van der Waals surface area contributed by atoms with Gasteiger partial charge in [-0.3, -0.25) is 0 Å². The summed E-state index contributed by atoms with van der Waals surface area (Å²) in [6, 6.07) is 4.35. The minimum absolute atomic E-state index is 0.0734. The van der Waals surface area contributed by atoms with Gasteiger partial charge in [-0.05, 0) is 64.5 Å². The Bertz CT molecular complexity index is 586. The van der Waals surface area contributed by atoms with Crippen molar-refractivity contribution in [3.8, 4) is 0 Å². The Morgan fingerprint density at radius 3 is 2.35 bits per heavy atom. The summed E-state index contributed by atoms with van der Waals surface area (Å²) in [6.07, 6.45) is 10.0. The number of rotatable bonds is 2. The van der Waals surface area contributed by atoms with Crippen LogP contribution in [0.5, 0.6) is 0 Å². The second-order valence-electron chi connectivity index (χ2n) is 8.54. The zero-order chi connectivity index (χ0) is 18.6. The van der Waals surface area contributed by atoms with Crippen molar-refractivity contribution >= 4 is 11.9 Å². The number of likely N-dealkylation sites (tertiary alicyclic amines) is 1. The standard InChI is InChI=1S/C21H33N3O2/c1-21(2,3)26-20(25)24-15-9-6-10-18(24)17-11-12-19(22-16-17)23-13-7-4-5-8-14-23/h11-12,16,18H,4-10,13-15H2,1-3H3. The van der Waals surface area contributed by atoms with E-state index < -0.39 is 5.60 Å². The van der Waals surface area contributed by atoms with Crippen LogP contribution in [0.25, 0.3) is 0 Å². The van der Waals surface area contributed by atoms with Gasteiger partial charge in [-0.15, -0.1) is 0 Å². The number of aromatic nitrogens is 1. The van der Waals surface area contributed by atoms with Crippen LogP contribution in [-0.4, -0.2) is 41.2 Å². The maximum absolute atomic E-state index is 12.6. The molecule has 0 bridgehead atoms. The Kier molecular flexibility index (Phi) is 6.05. The van der Waals surface area contributed by atoms with Crippen molar-refractivity contribution in [1.82, 2.24) is 9.88 Å². The summed E-state index contributed by atoms with van der Waals surface area (Å²) >= 11 is 0. The molecule has 0 radical (unpaired) electrons. The highest BCUT2D eigenvalue weighted by Gasteiger charge is 2.31. The van der Waals surface area contributed by atoms with E-state index in [2.05, 4.69) is 17.0 Å². The number of carbonyl (C=O) groups is 1. The third-order valence-corrected chi connectivity index (χ3v) is 5.22. The summed E-state index contributed by atoms with van der Waals surface area (Å²) in [4.78, 5) is 21.6. The van der Waals surface area contributed by atoms with Gasteiger partial charge in [0.05, 0.1) is 6.04 Å². The number of amides is 1. The van der Waals surface area contributed by atoms with Gasteiger partial charge in [0.1, 0.15) is 11.4 Å². The molecule has 0 aromatic carbocycles.